The highest BCUT2D eigenvalue weighted by Crippen LogP contribution is 2.25. The molecule has 3 heterocycles. The molecule has 136 valence electrons. The topological polar surface area (TPSA) is 71.3 Å². The fourth-order valence-corrected chi connectivity index (χ4v) is 3.32. The van der Waals surface area contributed by atoms with Crippen molar-refractivity contribution in [3.05, 3.63) is 23.7 Å². The third-order valence-corrected chi connectivity index (χ3v) is 4.91. The number of aryl methyl sites for hydroxylation is 2. The maximum absolute atomic E-state index is 5.64. The van der Waals surface area contributed by atoms with E-state index in [-0.39, 0.29) is 6.10 Å². The van der Waals surface area contributed by atoms with Crippen molar-refractivity contribution < 1.29 is 4.74 Å². The highest BCUT2D eigenvalue weighted by Gasteiger charge is 2.35. The van der Waals surface area contributed by atoms with Gasteiger partial charge in [-0.1, -0.05) is 0 Å². The van der Waals surface area contributed by atoms with Crippen LogP contribution in [0.1, 0.15) is 11.4 Å². The molecule has 2 aromatic heterocycles. The SMILES string of the molecule is CO[C@@H]1CN(c2ccnc(Nc3c(C)nn(C)c3C)n2)C[C@@H]1N(C)C. The number of hydrogen-bond donors (Lipinski definition) is 1. The van der Waals surface area contributed by atoms with Crippen LogP contribution in [-0.2, 0) is 11.8 Å². The molecule has 2 atom stereocenters. The molecule has 8 nitrogen and oxygen atoms in total. The van der Waals surface area contributed by atoms with Gasteiger partial charge >= 0.3 is 0 Å². The molecule has 1 N–H and O–H groups in total. The van der Waals surface area contributed by atoms with Crippen LogP contribution in [0.25, 0.3) is 0 Å². The molecule has 25 heavy (non-hydrogen) atoms. The molecule has 0 amide bonds. The van der Waals surface area contributed by atoms with E-state index >= 15 is 0 Å². The lowest BCUT2D eigenvalue weighted by molar-refractivity contribution is 0.0639. The quantitative estimate of drug-likeness (QED) is 0.877. The molecule has 3 rings (SSSR count). The molecule has 0 saturated carbocycles. The fourth-order valence-electron chi connectivity index (χ4n) is 3.32. The number of ether oxygens (including phenoxy) is 1. The second-order valence-electron chi connectivity index (χ2n) is 6.74. The van der Waals surface area contributed by atoms with Crippen LogP contribution in [0.15, 0.2) is 12.3 Å². The van der Waals surface area contributed by atoms with E-state index in [1.54, 1.807) is 13.3 Å². The Labute approximate surface area is 148 Å². The maximum Gasteiger partial charge on any atom is 0.229 e. The molecule has 0 bridgehead atoms. The Morgan fingerprint density at radius 2 is 2.04 bits per heavy atom. The van der Waals surface area contributed by atoms with Gasteiger partial charge in [0.15, 0.2) is 0 Å². The van der Waals surface area contributed by atoms with E-state index in [2.05, 4.69) is 39.3 Å². The van der Waals surface area contributed by atoms with Crippen molar-refractivity contribution in [1.82, 2.24) is 24.6 Å². The molecule has 2 aromatic rings. The zero-order chi connectivity index (χ0) is 18.1. The van der Waals surface area contributed by atoms with Gasteiger partial charge in [0.1, 0.15) is 5.82 Å². The van der Waals surface area contributed by atoms with Crippen LogP contribution in [0.4, 0.5) is 17.5 Å². The lowest BCUT2D eigenvalue weighted by Crippen LogP contribution is -2.39. The van der Waals surface area contributed by atoms with Gasteiger partial charge < -0.3 is 19.9 Å². The monoisotopic (exact) mass is 345 g/mol. The number of hydrogen-bond acceptors (Lipinski definition) is 7. The van der Waals surface area contributed by atoms with Gasteiger partial charge in [0.05, 0.1) is 29.2 Å². The van der Waals surface area contributed by atoms with Gasteiger partial charge in [0, 0.05) is 33.4 Å². The first-order chi connectivity index (χ1) is 11.9. The molecule has 8 heteroatoms. The molecule has 1 saturated heterocycles. The minimum atomic E-state index is 0.171. The van der Waals surface area contributed by atoms with E-state index in [0.717, 1.165) is 36.0 Å². The molecule has 0 aliphatic carbocycles. The van der Waals surface area contributed by atoms with E-state index < -0.39 is 0 Å². The second-order valence-corrected chi connectivity index (χ2v) is 6.74. The molecule has 0 radical (unpaired) electrons. The summed E-state index contributed by atoms with van der Waals surface area (Å²) in [5.74, 6) is 1.49. The zero-order valence-corrected chi connectivity index (χ0v) is 15.8. The van der Waals surface area contributed by atoms with Crippen molar-refractivity contribution >= 4 is 17.5 Å². The van der Waals surface area contributed by atoms with Gasteiger partial charge in [-0.3, -0.25) is 4.68 Å². The number of rotatable bonds is 5. The summed E-state index contributed by atoms with van der Waals surface area (Å²) in [6.45, 7) is 5.70. The van der Waals surface area contributed by atoms with Crippen molar-refractivity contribution in [2.24, 2.45) is 7.05 Å². The first-order valence-corrected chi connectivity index (χ1v) is 8.45. The standard InChI is InChI=1S/C17H27N7O/c1-11-16(12(2)23(5)21-11)20-17-18-8-7-15(19-17)24-9-13(22(3)4)14(10-24)25-6/h7-8,13-14H,9-10H2,1-6H3,(H,18,19,20)/t13-,14+/m0/s1. The van der Waals surface area contributed by atoms with Crippen molar-refractivity contribution in [2.75, 3.05) is 44.5 Å². The Morgan fingerprint density at radius 1 is 1.28 bits per heavy atom. The Balaban J connectivity index is 1.80. The third kappa shape index (κ3) is 3.45. The molecule has 0 unspecified atom stereocenters. The first-order valence-electron chi connectivity index (χ1n) is 8.45. The smallest absolute Gasteiger partial charge is 0.229 e. The zero-order valence-electron chi connectivity index (χ0n) is 15.8. The van der Waals surface area contributed by atoms with Crippen LogP contribution in [-0.4, -0.2) is 71.1 Å². The van der Waals surface area contributed by atoms with Gasteiger partial charge in [-0.2, -0.15) is 10.1 Å². The van der Waals surface area contributed by atoms with Crippen LogP contribution >= 0.6 is 0 Å². The van der Waals surface area contributed by atoms with Gasteiger partial charge in [0.25, 0.3) is 0 Å². The van der Waals surface area contributed by atoms with Gasteiger partial charge in [-0.15, -0.1) is 0 Å². The minimum absolute atomic E-state index is 0.171. The Hall–Kier alpha value is -2.19. The summed E-state index contributed by atoms with van der Waals surface area (Å²) in [5, 5.41) is 7.73. The van der Waals surface area contributed by atoms with Crippen molar-refractivity contribution in [3.63, 3.8) is 0 Å². The third-order valence-electron chi connectivity index (χ3n) is 4.91. The molecule has 0 aromatic carbocycles. The highest BCUT2D eigenvalue weighted by atomic mass is 16.5. The summed E-state index contributed by atoms with van der Waals surface area (Å²) in [5.41, 5.74) is 2.95. The minimum Gasteiger partial charge on any atom is -0.378 e. The Bertz CT molecular complexity index is 743. The number of methoxy groups -OCH3 is 1. The number of anilines is 3. The lowest BCUT2D eigenvalue weighted by atomic mass is 10.2. The highest BCUT2D eigenvalue weighted by molar-refractivity contribution is 5.60. The normalized spacial score (nSPS) is 20.5. The molecule has 1 aliphatic rings. The van der Waals surface area contributed by atoms with Crippen LogP contribution in [0.2, 0.25) is 0 Å². The number of aromatic nitrogens is 4. The predicted octanol–water partition coefficient (Wildman–Crippen LogP) is 1.34. The average molecular weight is 345 g/mol. The van der Waals surface area contributed by atoms with E-state index in [1.165, 1.54) is 0 Å². The van der Waals surface area contributed by atoms with Gasteiger partial charge in [0.2, 0.25) is 5.95 Å². The molecular weight excluding hydrogens is 318 g/mol. The van der Waals surface area contributed by atoms with E-state index in [9.17, 15) is 0 Å². The van der Waals surface area contributed by atoms with Gasteiger partial charge in [-0.25, -0.2) is 4.98 Å². The van der Waals surface area contributed by atoms with Crippen LogP contribution in [0, 0.1) is 13.8 Å². The fraction of sp³-hybridized carbons (Fsp3) is 0.588. The molecule has 1 fully saturated rings. The average Bonchev–Trinajstić information content (AvgIpc) is 3.12. The Kier molecular flexibility index (Phi) is 4.91. The molecular formula is C17H27N7O. The largest absolute Gasteiger partial charge is 0.378 e. The summed E-state index contributed by atoms with van der Waals surface area (Å²) in [7, 11) is 7.87. The summed E-state index contributed by atoms with van der Waals surface area (Å²) >= 11 is 0. The van der Waals surface area contributed by atoms with Crippen LogP contribution in [0.3, 0.4) is 0 Å². The van der Waals surface area contributed by atoms with Crippen molar-refractivity contribution in [3.8, 4) is 0 Å². The summed E-state index contributed by atoms with van der Waals surface area (Å²) in [6.07, 6.45) is 1.96. The number of nitrogens with one attached hydrogen (secondary N) is 1. The Morgan fingerprint density at radius 3 is 2.60 bits per heavy atom. The van der Waals surface area contributed by atoms with Crippen LogP contribution < -0.4 is 10.2 Å². The van der Waals surface area contributed by atoms with E-state index in [4.69, 9.17) is 9.72 Å². The predicted molar refractivity (Wildman–Crippen MR) is 98.5 cm³/mol. The molecule has 0 spiro atoms. The van der Waals surface area contributed by atoms with Crippen molar-refractivity contribution in [2.45, 2.75) is 26.0 Å². The summed E-state index contributed by atoms with van der Waals surface area (Å²) < 4.78 is 7.50. The maximum atomic E-state index is 5.64. The molecule has 1 aliphatic heterocycles. The number of likely N-dealkylation sites (N-methyl/N-ethyl adjacent to an activating group) is 1. The van der Waals surface area contributed by atoms with E-state index in [0.29, 0.717) is 12.0 Å². The van der Waals surface area contributed by atoms with Gasteiger partial charge in [-0.05, 0) is 34.0 Å². The van der Waals surface area contributed by atoms with E-state index in [1.807, 2.05) is 31.6 Å². The summed E-state index contributed by atoms with van der Waals surface area (Å²) in [6, 6.07) is 2.29. The number of nitrogens with zero attached hydrogens (tertiary/aromatic N) is 6. The second kappa shape index (κ2) is 6.97. The van der Waals surface area contributed by atoms with Crippen LogP contribution in [0.5, 0.6) is 0 Å². The van der Waals surface area contributed by atoms with Crippen molar-refractivity contribution in [1.29, 1.82) is 0 Å². The first kappa shape index (κ1) is 17.6. The lowest BCUT2D eigenvalue weighted by Gasteiger charge is -2.23. The summed E-state index contributed by atoms with van der Waals surface area (Å²) in [4.78, 5) is 13.5.